The molecule has 1 aromatic rings. The van der Waals surface area contributed by atoms with Crippen LogP contribution >= 0.6 is 7.60 Å². The second-order valence-electron chi connectivity index (χ2n) is 5.59. The molecule has 0 aliphatic carbocycles. The zero-order valence-corrected chi connectivity index (χ0v) is 14.0. The summed E-state index contributed by atoms with van der Waals surface area (Å²) in [6.45, 7) is 2.13. The molecular weight excluding hydrogens is 335 g/mol. The largest absolute Gasteiger partial charge is 0.381 e. The van der Waals surface area contributed by atoms with Crippen molar-refractivity contribution in [1.29, 1.82) is 0 Å². The van der Waals surface area contributed by atoms with Crippen molar-refractivity contribution in [2.75, 3.05) is 19.4 Å². The van der Waals surface area contributed by atoms with Crippen LogP contribution in [0.1, 0.15) is 18.4 Å². The Bertz CT molecular complexity index is 606. The standard InChI is InChI=1S/C11H13N2O5P.C4H8O/c14-10-9(7-19(16,17)18)13(11(15)12-10)6-8-4-2-1-3-5-8;1-2-4-5-3-1/h1-5,9H,6-7H2,(H,12,14,15)(H2,16,17,18);1-4H2. The third kappa shape index (κ3) is 5.72. The SMILES string of the molecule is C1CCOC1.O=C1NC(=O)N(Cc2ccccc2)C1CP(=O)(O)O. The van der Waals surface area contributed by atoms with Crippen LogP contribution < -0.4 is 5.32 Å². The fraction of sp³-hybridized carbons (Fsp3) is 0.467. The highest BCUT2D eigenvalue weighted by atomic mass is 31.2. The Hall–Kier alpha value is -1.73. The molecule has 24 heavy (non-hydrogen) atoms. The topological polar surface area (TPSA) is 116 Å². The fourth-order valence-electron chi connectivity index (χ4n) is 2.42. The third-order valence-electron chi connectivity index (χ3n) is 3.60. The second kappa shape index (κ2) is 8.39. The number of hydrogen-bond acceptors (Lipinski definition) is 4. The smallest absolute Gasteiger partial charge is 0.328 e. The second-order valence-corrected chi connectivity index (χ2v) is 7.28. The third-order valence-corrected chi connectivity index (χ3v) is 4.43. The lowest BCUT2D eigenvalue weighted by Crippen LogP contribution is -2.37. The maximum absolute atomic E-state index is 11.6. The first-order valence-corrected chi connectivity index (χ1v) is 9.44. The van der Waals surface area contributed by atoms with E-state index in [1.165, 1.54) is 12.8 Å². The van der Waals surface area contributed by atoms with E-state index in [4.69, 9.17) is 14.5 Å². The van der Waals surface area contributed by atoms with Crippen LogP contribution in [0.25, 0.3) is 0 Å². The average molecular weight is 356 g/mol. The Kier molecular flexibility index (Phi) is 6.51. The summed E-state index contributed by atoms with van der Waals surface area (Å²) in [7, 11) is -4.38. The zero-order valence-electron chi connectivity index (χ0n) is 13.1. The number of benzene rings is 1. The number of imide groups is 1. The van der Waals surface area contributed by atoms with Crippen molar-refractivity contribution in [2.45, 2.75) is 25.4 Å². The minimum atomic E-state index is -4.38. The molecule has 9 heteroatoms. The van der Waals surface area contributed by atoms with Gasteiger partial charge in [-0.2, -0.15) is 0 Å². The number of carbonyl (C=O) groups excluding carboxylic acids is 2. The number of nitrogens with one attached hydrogen (secondary N) is 1. The van der Waals surface area contributed by atoms with Gasteiger partial charge in [0.25, 0.3) is 5.91 Å². The molecule has 0 aromatic heterocycles. The van der Waals surface area contributed by atoms with Gasteiger partial charge in [-0.05, 0) is 18.4 Å². The van der Waals surface area contributed by atoms with Gasteiger partial charge in [0, 0.05) is 19.8 Å². The first kappa shape index (κ1) is 18.6. The molecule has 0 radical (unpaired) electrons. The van der Waals surface area contributed by atoms with E-state index in [-0.39, 0.29) is 6.54 Å². The van der Waals surface area contributed by atoms with Gasteiger partial charge in [0.15, 0.2) is 0 Å². The highest BCUT2D eigenvalue weighted by Crippen LogP contribution is 2.37. The lowest BCUT2D eigenvalue weighted by molar-refractivity contribution is -0.121. The number of rotatable bonds is 4. The van der Waals surface area contributed by atoms with Gasteiger partial charge in [-0.1, -0.05) is 30.3 Å². The van der Waals surface area contributed by atoms with Crippen LogP contribution in [-0.4, -0.2) is 52.0 Å². The molecule has 1 unspecified atom stereocenters. The van der Waals surface area contributed by atoms with Crippen LogP contribution in [0.5, 0.6) is 0 Å². The lowest BCUT2D eigenvalue weighted by Gasteiger charge is -2.21. The molecule has 8 nitrogen and oxygen atoms in total. The molecule has 2 aliphatic heterocycles. The van der Waals surface area contributed by atoms with Gasteiger partial charge in [-0.25, -0.2) is 4.79 Å². The maximum atomic E-state index is 11.6. The summed E-state index contributed by atoms with van der Waals surface area (Å²) < 4.78 is 16.0. The molecule has 2 fully saturated rings. The Labute approximate surface area is 140 Å². The van der Waals surface area contributed by atoms with E-state index in [1.54, 1.807) is 24.3 Å². The quantitative estimate of drug-likeness (QED) is 0.549. The van der Waals surface area contributed by atoms with Crippen molar-refractivity contribution in [1.82, 2.24) is 10.2 Å². The summed E-state index contributed by atoms with van der Waals surface area (Å²) in [6.07, 6.45) is 1.89. The lowest BCUT2D eigenvalue weighted by atomic mass is 10.2. The van der Waals surface area contributed by atoms with E-state index in [0.29, 0.717) is 0 Å². The molecular formula is C15H21N2O6P. The summed E-state index contributed by atoms with van der Waals surface area (Å²) in [5, 5.41) is 2.06. The van der Waals surface area contributed by atoms with Gasteiger partial charge in [0.1, 0.15) is 6.04 Å². The average Bonchev–Trinajstić information content (AvgIpc) is 3.16. The van der Waals surface area contributed by atoms with Crippen LogP contribution in [0.2, 0.25) is 0 Å². The van der Waals surface area contributed by atoms with E-state index < -0.39 is 31.7 Å². The minimum absolute atomic E-state index is 0.128. The normalized spacial score (nSPS) is 20.6. The predicted molar refractivity (Wildman–Crippen MR) is 86.3 cm³/mol. The Balaban J connectivity index is 0.000000355. The van der Waals surface area contributed by atoms with E-state index in [9.17, 15) is 14.2 Å². The number of hydrogen-bond donors (Lipinski definition) is 3. The monoisotopic (exact) mass is 356 g/mol. The van der Waals surface area contributed by atoms with Crippen molar-refractivity contribution < 1.29 is 28.7 Å². The zero-order chi connectivity index (χ0) is 17.6. The highest BCUT2D eigenvalue weighted by molar-refractivity contribution is 7.51. The molecule has 2 aliphatic rings. The van der Waals surface area contributed by atoms with Gasteiger partial charge in [-0.3, -0.25) is 14.7 Å². The molecule has 2 saturated heterocycles. The van der Waals surface area contributed by atoms with Crippen molar-refractivity contribution in [3.05, 3.63) is 35.9 Å². The molecule has 3 rings (SSSR count). The van der Waals surface area contributed by atoms with Crippen molar-refractivity contribution in [3.8, 4) is 0 Å². The van der Waals surface area contributed by atoms with Crippen LogP contribution in [0.15, 0.2) is 30.3 Å². The summed E-state index contributed by atoms with van der Waals surface area (Å²) >= 11 is 0. The number of amides is 3. The van der Waals surface area contributed by atoms with Crippen molar-refractivity contribution >= 4 is 19.5 Å². The Morgan fingerprint density at radius 2 is 1.79 bits per heavy atom. The van der Waals surface area contributed by atoms with E-state index >= 15 is 0 Å². The molecule has 2 heterocycles. The van der Waals surface area contributed by atoms with Gasteiger partial charge in [0.05, 0.1) is 6.16 Å². The van der Waals surface area contributed by atoms with E-state index in [0.717, 1.165) is 23.7 Å². The van der Waals surface area contributed by atoms with Gasteiger partial charge in [-0.15, -0.1) is 0 Å². The van der Waals surface area contributed by atoms with Gasteiger partial charge >= 0.3 is 13.6 Å². The minimum Gasteiger partial charge on any atom is -0.381 e. The van der Waals surface area contributed by atoms with E-state index in [1.807, 2.05) is 6.07 Å². The Morgan fingerprint density at radius 3 is 2.29 bits per heavy atom. The van der Waals surface area contributed by atoms with Crippen LogP contribution in [0.4, 0.5) is 4.79 Å². The number of urea groups is 1. The van der Waals surface area contributed by atoms with Gasteiger partial charge < -0.3 is 19.4 Å². The number of nitrogens with zero attached hydrogens (tertiary/aromatic N) is 1. The van der Waals surface area contributed by atoms with Crippen LogP contribution in [-0.2, 0) is 20.6 Å². The maximum Gasteiger partial charge on any atom is 0.328 e. The van der Waals surface area contributed by atoms with Gasteiger partial charge in [0.2, 0.25) is 0 Å². The molecule has 1 aromatic carbocycles. The molecule has 0 saturated carbocycles. The first-order valence-electron chi connectivity index (χ1n) is 7.64. The first-order chi connectivity index (χ1) is 11.4. The summed E-state index contributed by atoms with van der Waals surface area (Å²) in [5.41, 5.74) is 0.781. The highest BCUT2D eigenvalue weighted by Gasteiger charge is 2.41. The molecule has 3 N–H and O–H groups in total. The Morgan fingerprint density at radius 1 is 1.17 bits per heavy atom. The molecule has 0 bridgehead atoms. The number of carbonyl (C=O) groups is 2. The summed E-state index contributed by atoms with van der Waals surface area (Å²) in [6, 6.07) is 7.15. The van der Waals surface area contributed by atoms with Crippen LogP contribution in [0.3, 0.4) is 0 Å². The summed E-state index contributed by atoms with van der Waals surface area (Å²) in [4.78, 5) is 42.2. The van der Waals surface area contributed by atoms with E-state index in [2.05, 4.69) is 5.32 Å². The molecule has 1 atom stereocenters. The molecule has 0 spiro atoms. The van der Waals surface area contributed by atoms with Crippen molar-refractivity contribution in [2.24, 2.45) is 0 Å². The summed E-state index contributed by atoms with van der Waals surface area (Å²) in [5.74, 6) is -0.677. The predicted octanol–water partition coefficient (Wildman–Crippen LogP) is 1.08. The fourth-order valence-corrected chi connectivity index (χ4v) is 3.24. The molecule has 132 valence electrons. The van der Waals surface area contributed by atoms with Crippen molar-refractivity contribution in [3.63, 3.8) is 0 Å². The molecule has 3 amide bonds. The number of ether oxygens (including phenoxy) is 1. The van der Waals surface area contributed by atoms with Crippen LogP contribution in [0, 0.1) is 0 Å².